The summed E-state index contributed by atoms with van der Waals surface area (Å²) < 4.78 is 2.94. The van der Waals surface area contributed by atoms with Crippen molar-refractivity contribution >= 4 is 11.9 Å². The van der Waals surface area contributed by atoms with Crippen LogP contribution in [0.15, 0.2) is 30.3 Å². The fourth-order valence-electron chi connectivity index (χ4n) is 0.792. The lowest BCUT2D eigenvalue weighted by Gasteiger charge is -1.99. The SMILES string of the molecule is N#CCNSCc1ccccc1. The molecule has 1 N–H and O–H groups in total. The van der Waals surface area contributed by atoms with Gasteiger partial charge in [-0.05, 0) is 5.56 Å². The minimum Gasteiger partial charge on any atom is -0.250 e. The van der Waals surface area contributed by atoms with Crippen LogP contribution < -0.4 is 4.72 Å². The number of rotatable bonds is 4. The third-order valence-corrected chi connectivity index (χ3v) is 2.16. The van der Waals surface area contributed by atoms with Crippen LogP contribution in [-0.2, 0) is 5.75 Å². The predicted molar refractivity (Wildman–Crippen MR) is 51.4 cm³/mol. The Kier molecular flexibility index (Phi) is 4.28. The van der Waals surface area contributed by atoms with E-state index in [1.54, 1.807) is 11.9 Å². The topological polar surface area (TPSA) is 35.8 Å². The maximum Gasteiger partial charge on any atom is 0.0931 e. The smallest absolute Gasteiger partial charge is 0.0931 e. The Morgan fingerprint density at radius 1 is 1.33 bits per heavy atom. The van der Waals surface area contributed by atoms with Gasteiger partial charge in [-0.2, -0.15) is 5.26 Å². The van der Waals surface area contributed by atoms with Gasteiger partial charge < -0.3 is 0 Å². The third-order valence-electron chi connectivity index (χ3n) is 1.33. The van der Waals surface area contributed by atoms with Crippen LogP contribution in [0.25, 0.3) is 0 Å². The molecular weight excluding hydrogens is 168 g/mol. The van der Waals surface area contributed by atoms with Crippen LogP contribution in [0.2, 0.25) is 0 Å². The van der Waals surface area contributed by atoms with E-state index in [0.717, 1.165) is 5.75 Å². The largest absolute Gasteiger partial charge is 0.250 e. The second-order valence-electron chi connectivity index (χ2n) is 2.25. The predicted octanol–water partition coefficient (Wildman–Crippen LogP) is 1.95. The Balaban J connectivity index is 2.21. The lowest BCUT2D eigenvalue weighted by molar-refractivity contribution is 1.13. The van der Waals surface area contributed by atoms with Gasteiger partial charge in [0.25, 0.3) is 0 Å². The van der Waals surface area contributed by atoms with Gasteiger partial charge >= 0.3 is 0 Å². The van der Waals surface area contributed by atoms with Crippen molar-refractivity contribution in [3.8, 4) is 6.07 Å². The molecule has 3 heteroatoms. The molecule has 0 fully saturated rings. The molecule has 1 rings (SSSR count). The molecule has 0 radical (unpaired) electrons. The summed E-state index contributed by atoms with van der Waals surface area (Å²) in [6, 6.07) is 12.2. The average Bonchev–Trinajstić information content (AvgIpc) is 2.14. The first-order valence-electron chi connectivity index (χ1n) is 3.69. The van der Waals surface area contributed by atoms with Gasteiger partial charge in [-0.25, -0.2) is 4.72 Å². The lowest BCUT2D eigenvalue weighted by Crippen LogP contribution is -2.02. The zero-order valence-corrected chi connectivity index (χ0v) is 7.47. The van der Waals surface area contributed by atoms with Crippen LogP contribution >= 0.6 is 11.9 Å². The Morgan fingerprint density at radius 3 is 2.75 bits per heavy atom. The van der Waals surface area contributed by atoms with Gasteiger partial charge in [0.2, 0.25) is 0 Å². The molecule has 0 aromatic heterocycles. The zero-order valence-electron chi connectivity index (χ0n) is 6.66. The van der Waals surface area contributed by atoms with E-state index in [1.165, 1.54) is 5.56 Å². The van der Waals surface area contributed by atoms with Crippen molar-refractivity contribution in [1.82, 2.24) is 4.72 Å². The third kappa shape index (κ3) is 3.42. The second-order valence-corrected chi connectivity index (χ2v) is 3.12. The molecule has 0 aliphatic rings. The summed E-state index contributed by atoms with van der Waals surface area (Å²) >= 11 is 1.56. The summed E-state index contributed by atoms with van der Waals surface area (Å²) in [5, 5.41) is 8.24. The molecule has 0 bridgehead atoms. The van der Waals surface area contributed by atoms with Crippen LogP contribution in [0.5, 0.6) is 0 Å². The van der Waals surface area contributed by atoms with Gasteiger partial charge in [-0.1, -0.05) is 42.3 Å². The molecule has 0 heterocycles. The first kappa shape index (κ1) is 9.11. The molecule has 62 valence electrons. The molecular formula is C9H10N2S. The van der Waals surface area contributed by atoms with Gasteiger partial charge in [0, 0.05) is 5.75 Å². The summed E-state index contributed by atoms with van der Waals surface area (Å²) in [5.74, 6) is 0.905. The van der Waals surface area contributed by atoms with Crippen molar-refractivity contribution in [2.45, 2.75) is 5.75 Å². The summed E-state index contributed by atoms with van der Waals surface area (Å²) in [4.78, 5) is 0. The first-order chi connectivity index (χ1) is 5.93. The van der Waals surface area contributed by atoms with E-state index in [4.69, 9.17) is 5.26 Å². The highest BCUT2D eigenvalue weighted by Crippen LogP contribution is 2.07. The van der Waals surface area contributed by atoms with Crippen LogP contribution in [0.4, 0.5) is 0 Å². The van der Waals surface area contributed by atoms with Crippen molar-refractivity contribution in [2.75, 3.05) is 6.54 Å². The molecule has 0 saturated carbocycles. The fraction of sp³-hybridized carbons (Fsp3) is 0.222. The number of nitriles is 1. The number of hydrogen-bond donors (Lipinski definition) is 1. The van der Waals surface area contributed by atoms with Crippen molar-refractivity contribution in [2.24, 2.45) is 0 Å². The fourth-order valence-corrected chi connectivity index (χ4v) is 1.42. The minimum absolute atomic E-state index is 0.400. The van der Waals surface area contributed by atoms with E-state index < -0.39 is 0 Å². The highest BCUT2D eigenvalue weighted by molar-refractivity contribution is 7.96. The molecule has 0 amide bonds. The molecule has 0 saturated heterocycles. The minimum atomic E-state index is 0.400. The number of benzene rings is 1. The summed E-state index contributed by atoms with van der Waals surface area (Å²) in [7, 11) is 0. The maximum atomic E-state index is 8.24. The van der Waals surface area contributed by atoms with E-state index in [1.807, 2.05) is 24.3 Å². The number of nitrogens with one attached hydrogen (secondary N) is 1. The summed E-state index contributed by atoms with van der Waals surface area (Å²) in [6.45, 7) is 0.400. The Morgan fingerprint density at radius 2 is 2.08 bits per heavy atom. The van der Waals surface area contributed by atoms with Crippen molar-refractivity contribution < 1.29 is 0 Å². The van der Waals surface area contributed by atoms with E-state index in [-0.39, 0.29) is 0 Å². The standard InChI is InChI=1S/C9H10N2S/c10-6-7-11-12-8-9-4-2-1-3-5-9/h1-5,11H,7-8H2. The van der Waals surface area contributed by atoms with Crippen molar-refractivity contribution in [3.63, 3.8) is 0 Å². The van der Waals surface area contributed by atoms with Gasteiger partial charge in [0.05, 0.1) is 12.6 Å². The molecule has 0 aliphatic carbocycles. The Labute approximate surface area is 76.7 Å². The van der Waals surface area contributed by atoms with E-state index in [2.05, 4.69) is 16.9 Å². The summed E-state index contributed by atoms with van der Waals surface area (Å²) in [5.41, 5.74) is 1.27. The first-order valence-corrected chi connectivity index (χ1v) is 4.67. The Bertz CT molecular complexity index is 253. The average molecular weight is 178 g/mol. The van der Waals surface area contributed by atoms with E-state index in [9.17, 15) is 0 Å². The van der Waals surface area contributed by atoms with Gasteiger partial charge in [0.15, 0.2) is 0 Å². The van der Waals surface area contributed by atoms with Gasteiger partial charge in [-0.3, -0.25) is 0 Å². The highest BCUT2D eigenvalue weighted by atomic mass is 32.2. The normalized spacial score (nSPS) is 9.25. The number of hydrogen-bond acceptors (Lipinski definition) is 3. The van der Waals surface area contributed by atoms with Gasteiger partial charge in [0.1, 0.15) is 0 Å². The van der Waals surface area contributed by atoms with Gasteiger partial charge in [-0.15, -0.1) is 0 Å². The van der Waals surface area contributed by atoms with Crippen LogP contribution in [0.1, 0.15) is 5.56 Å². The molecule has 1 aromatic rings. The monoisotopic (exact) mass is 178 g/mol. The highest BCUT2D eigenvalue weighted by Gasteiger charge is 1.89. The second kappa shape index (κ2) is 5.64. The summed E-state index contributed by atoms with van der Waals surface area (Å²) in [6.07, 6.45) is 0. The van der Waals surface area contributed by atoms with Crippen molar-refractivity contribution in [1.29, 1.82) is 5.26 Å². The number of nitrogens with zero attached hydrogens (tertiary/aromatic N) is 1. The van der Waals surface area contributed by atoms with Crippen LogP contribution in [-0.4, -0.2) is 6.54 Å². The van der Waals surface area contributed by atoms with E-state index >= 15 is 0 Å². The quantitative estimate of drug-likeness (QED) is 0.435. The van der Waals surface area contributed by atoms with Crippen LogP contribution in [0, 0.1) is 11.3 Å². The molecule has 0 unspecified atom stereocenters. The molecule has 0 atom stereocenters. The molecule has 0 aliphatic heterocycles. The molecule has 2 nitrogen and oxygen atoms in total. The Hall–Kier alpha value is -0.980. The molecule has 1 aromatic carbocycles. The zero-order chi connectivity index (χ0) is 8.65. The van der Waals surface area contributed by atoms with Crippen LogP contribution in [0.3, 0.4) is 0 Å². The molecule has 12 heavy (non-hydrogen) atoms. The van der Waals surface area contributed by atoms with Crippen molar-refractivity contribution in [3.05, 3.63) is 35.9 Å². The van der Waals surface area contributed by atoms with E-state index in [0.29, 0.717) is 6.54 Å². The maximum absolute atomic E-state index is 8.24. The lowest BCUT2D eigenvalue weighted by atomic mass is 10.2. The molecule has 0 spiro atoms.